The summed E-state index contributed by atoms with van der Waals surface area (Å²) in [7, 11) is 0. The highest BCUT2D eigenvalue weighted by atomic mass is 16.2. The number of aryl methyl sites for hydroxylation is 4. The van der Waals surface area contributed by atoms with Gasteiger partial charge in [0.1, 0.15) is 0 Å². The molecule has 2 N–H and O–H groups in total. The van der Waals surface area contributed by atoms with Crippen LogP contribution in [0.3, 0.4) is 0 Å². The first-order chi connectivity index (χ1) is 16.3. The average Bonchev–Trinajstić information content (AvgIpc) is 2.77. The molecule has 0 saturated carbocycles. The highest BCUT2D eigenvalue weighted by molar-refractivity contribution is 6.13. The van der Waals surface area contributed by atoms with Crippen molar-refractivity contribution in [3.8, 4) is 11.1 Å². The third kappa shape index (κ3) is 5.24. The van der Waals surface area contributed by atoms with Crippen molar-refractivity contribution in [2.45, 2.75) is 27.7 Å². The fourth-order valence-electron chi connectivity index (χ4n) is 4.32. The predicted octanol–water partition coefficient (Wildman–Crippen LogP) is 7.09. The minimum atomic E-state index is -0.217. The zero-order valence-electron chi connectivity index (χ0n) is 19.9. The number of rotatable bonds is 5. The van der Waals surface area contributed by atoms with E-state index in [0.29, 0.717) is 22.3 Å². The Balaban J connectivity index is 1.68. The quantitative estimate of drug-likeness (QED) is 0.342. The zero-order chi connectivity index (χ0) is 24.2. The SMILES string of the molecule is Cc1cc(C)cc(NC(=O)c2ccccc2-c2ccccc2C(=O)Nc2cc(C)cc(C)c2)c1. The number of nitrogens with one attached hydrogen (secondary N) is 2. The molecule has 4 aromatic carbocycles. The number of carbonyl (C=O) groups excluding carboxylic acids is 2. The van der Waals surface area contributed by atoms with Gasteiger partial charge in [0.05, 0.1) is 0 Å². The summed E-state index contributed by atoms with van der Waals surface area (Å²) in [6.07, 6.45) is 0. The van der Waals surface area contributed by atoms with E-state index in [9.17, 15) is 9.59 Å². The first kappa shape index (κ1) is 23.0. The van der Waals surface area contributed by atoms with Crippen LogP contribution in [0.2, 0.25) is 0 Å². The summed E-state index contributed by atoms with van der Waals surface area (Å²) in [5.74, 6) is -0.435. The third-order valence-electron chi connectivity index (χ3n) is 5.59. The van der Waals surface area contributed by atoms with Crippen LogP contribution in [0.1, 0.15) is 43.0 Å². The van der Waals surface area contributed by atoms with Crippen molar-refractivity contribution in [3.63, 3.8) is 0 Å². The van der Waals surface area contributed by atoms with Crippen LogP contribution in [0.5, 0.6) is 0 Å². The predicted molar refractivity (Wildman–Crippen MR) is 140 cm³/mol. The Kier molecular flexibility index (Phi) is 6.60. The molecule has 4 heteroatoms. The molecule has 0 aromatic heterocycles. The van der Waals surface area contributed by atoms with E-state index in [1.807, 2.05) is 88.4 Å². The molecule has 0 saturated heterocycles. The second-order valence-corrected chi connectivity index (χ2v) is 8.75. The van der Waals surface area contributed by atoms with Crippen LogP contribution < -0.4 is 10.6 Å². The van der Waals surface area contributed by atoms with Crippen molar-refractivity contribution < 1.29 is 9.59 Å². The van der Waals surface area contributed by atoms with Crippen LogP contribution in [0, 0.1) is 27.7 Å². The van der Waals surface area contributed by atoms with E-state index in [0.717, 1.165) is 33.6 Å². The van der Waals surface area contributed by atoms with Crippen LogP contribution in [-0.2, 0) is 0 Å². The van der Waals surface area contributed by atoms with Gasteiger partial charge in [0.25, 0.3) is 11.8 Å². The van der Waals surface area contributed by atoms with E-state index in [2.05, 4.69) is 22.8 Å². The van der Waals surface area contributed by atoms with Crippen LogP contribution in [0.4, 0.5) is 11.4 Å². The molecular weight excluding hydrogens is 420 g/mol. The van der Waals surface area contributed by atoms with Crippen LogP contribution in [-0.4, -0.2) is 11.8 Å². The fourth-order valence-corrected chi connectivity index (χ4v) is 4.32. The molecule has 0 bridgehead atoms. The number of anilines is 2. The van der Waals surface area contributed by atoms with Crippen molar-refractivity contribution in [2.75, 3.05) is 10.6 Å². The van der Waals surface area contributed by atoms with E-state index < -0.39 is 0 Å². The Morgan fingerprint density at radius 2 is 0.824 bits per heavy atom. The Hall–Kier alpha value is -4.18. The third-order valence-corrected chi connectivity index (χ3v) is 5.59. The topological polar surface area (TPSA) is 58.2 Å². The lowest BCUT2D eigenvalue weighted by atomic mass is 9.94. The summed E-state index contributed by atoms with van der Waals surface area (Å²) >= 11 is 0. The van der Waals surface area contributed by atoms with E-state index >= 15 is 0 Å². The summed E-state index contributed by atoms with van der Waals surface area (Å²) in [6.45, 7) is 8.00. The zero-order valence-corrected chi connectivity index (χ0v) is 19.9. The molecule has 34 heavy (non-hydrogen) atoms. The lowest BCUT2D eigenvalue weighted by Crippen LogP contribution is -2.16. The van der Waals surface area contributed by atoms with Gasteiger partial charge in [0.2, 0.25) is 0 Å². The Morgan fingerprint density at radius 3 is 1.18 bits per heavy atom. The lowest BCUT2D eigenvalue weighted by molar-refractivity contribution is 0.101. The van der Waals surface area contributed by atoms with E-state index in [-0.39, 0.29) is 11.8 Å². The molecule has 0 aliphatic carbocycles. The highest BCUT2D eigenvalue weighted by Crippen LogP contribution is 2.29. The first-order valence-corrected chi connectivity index (χ1v) is 11.3. The summed E-state index contributed by atoms with van der Waals surface area (Å²) in [5, 5.41) is 6.02. The van der Waals surface area contributed by atoms with Crippen molar-refractivity contribution in [3.05, 3.63) is 118 Å². The standard InChI is InChI=1S/C30H28N2O2/c1-19-13-20(2)16-23(15-19)31-29(33)27-11-7-5-9-25(27)26-10-6-8-12-28(26)30(34)32-24-17-21(3)14-22(4)18-24/h5-18H,1-4H3,(H,31,33)(H,32,34). The molecule has 4 aromatic rings. The fraction of sp³-hybridized carbons (Fsp3) is 0.133. The van der Waals surface area contributed by atoms with Crippen LogP contribution in [0.25, 0.3) is 11.1 Å². The van der Waals surface area contributed by atoms with E-state index in [1.54, 1.807) is 12.1 Å². The van der Waals surface area contributed by atoms with Gasteiger partial charge in [0, 0.05) is 22.5 Å². The molecule has 4 nitrogen and oxygen atoms in total. The number of hydrogen-bond acceptors (Lipinski definition) is 2. The highest BCUT2D eigenvalue weighted by Gasteiger charge is 2.18. The molecule has 170 valence electrons. The number of hydrogen-bond donors (Lipinski definition) is 2. The van der Waals surface area contributed by atoms with Gasteiger partial charge in [-0.3, -0.25) is 9.59 Å². The molecule has 0 radical (unpaired) electrons. The summed E-state index contributed by atoms with van der Waals surface area (Å²) in [6, 6.07) is 26.6. The molecule has 0 unspecified atom stereocenters. The maximum atomic E-state index is 13.3. The van der Waals surface area contributed by atoms with Gasteiger partial charge in [-0.05, 0) is 97.5 Å². The van der Waals surface area contributed by atoms with Gasteiger partial charge in [-0.2, -0.15) is 0 Å². The van der Waals surface area contributed by atoms with Gasteiger partial charge >= 0.3 is 0 Å². The minimum Gasteiger partial charge on any atom is -0.322 e. The maximum absolute atomic E-state index is 13.3. The van der Waals surface area contributed by atoms with Gasteiger partial charge in [-0.15, -0.1) is 0 Å². The summed E-state index contributed by atoms with van der Waals surface area (Å²) in [4.78, 5) is 26.5. The smallest absolute Gasteiger partial charge is 0.256 e. The van der Waals surface area contributed by atoms with Crippen LogP contribution in [0.15, 0.2) is 84.9 Å². The second kappa shape index (κ2) is 9.75. The van der Waals surface area contributed by atoms with Crippen molar-refractivity contribution in [1.29, 1.82) is 0 Å². The normalized spacial score (nSPS) is 10.6. The molecule has 4 rings (SSSR count). The molecule has 0 atom stereocenters. The first-order valence-electron chi connectivity index (χ1n) is 11.3. The molecule has 0 aliphatic heterocycles. The van der Waals surface area contributed by atoms with Gasteiger partial charge < -0.3 is 10.6 Å². The van der Waals surface area contributed by atoms with Crippen LogP contribution >= 0.6 is 0 Å². The van der Waals surface area contributed by atoms with Crippen molar-refractivity contribution in [1.82, 2.24) is 0 Å². The number of amides is 2. The summed E-state index contributed by atoms with van der Waals surface area (Å²) in [5.41, 5.74) is 8.24. The number of benzene rings is 4. The molecule has 0 aliphatic rings. The van der Waals surface area contributed by atoms with E-state index in [4.69, 9.17) is 0 Å². The molecule has 2 amide bonds. The Labute approximate surface area is 200 Å². The monoisotopic (exact) mass is 448 g/mol. The maximum Gasteiger partial charge on any atom is 0.256 e. The Bertz CT molecular complexity index is 1240. The summed E-state index contributed by atoms with van der Waals surface area (Å²) < 4.78 is 0. The largest absolute Gasteiger partial charge is 0.322 e. The van der Waals surface area contributed by atoms with Gasteiger partial charge in [-0.1, -0.05) is 48.5 Å². The molecular formula is C30H28N2O2. The molecule has 0 fully saturated rings. The Morgan fingerprint density at radius 1 is 0.500 bits per heavy atom. The van der Waals surface area contributed by atoms with Gasteiger partial charge in [0.15, 0.2) is 0 Å². The van der Waals surface area contributed by atoms with Crippen molar-refractivity contribution >= 4 is 23.2 Å². The van der Waals surface area contributed by atoms with Gasteiger partial charge in [-0.25, -0.2) is 0 Å². The minimum absolute atomic E-state index is 0.217. The lowest BCUT2D eigenvalue weighted by Gasteiger charge is -2.15. The molecule has 0 spiro atoms. The number of carbonyl (C=O) groups is 2. The van der Waals surface area contributed by atoms with E-state index in [1.165, 1.54) is 0 Å². The van der Waals surface area contributed by atoms with Crippen molar-refractivity contribution in [2.24, 2.45) is 0 Å². The molecule has 0 heterocycles. The second-order valence-electron chi connectivity index (χ2n) is 8.75. The average molecular weight is 449 g/mol.